The molecule has 0 aromatic heterocycles. The van der Waals surface area contributed by atoms with Crippen LogP contribution in [-0.4, -0.2) is 23.1 Å². The van der Waals surface area contributed by atoms with Gasteiger partial charge in [0.25, 0.3) is 0 Å². The smallest absolute Gasteiger partial charge is 0.314 e. The Morgan fingerprint density at radius 1 is 1.40 bits per heavy atom. The van der Waals surface area contributed by atoms with Crippen LogP contribution in [0.25, 0.3) is 0 Å². The van der Waals surface area contributed by atoms with Crippen molar-refractivity contribution >= 4 is 11.7 Å². The van der Waals surface area contributed by atoms with Gasteiger partial charge in [-0.2, -0.15) is 0 Å². The van der Waals surface area contributed by atoms with Crippen LogP contribution in [0.4, 0.5) is 10.1 Å². The maximum absolute atomic E-state index is 13.5. The van der Waals surface area contributed by atoms with Crippen LogP contribution < -0.4 is 4.74 Å². The highest BCUT2D eigenvalue weighted by Crippen LogP contribution is 2.29. The first-order valence-corrected chi connectivity index (χ1v) is 5.98. The summed E-state index contributed by atoms with van der Waals surface area (Å²) in [7, 11) is 0. The van der Waals surface area contributed by atoms with Crippen molar-refractivity contribution in [2.75, 3.05) is 6.61 Å². The minimum atomic E-state index is -0.844. The molecular formula is C13H16FNO5. The molecule has 0 heterocycles. The number of hydrogen-bond donors (Lipinski definition) is 0. The fourth-order valence-electron chi connectivity index (χ4n) is 1.41. The van der Waals surface area contributed by atoms with E-state index in [1.165, 1.54) is 6.07 Å². The highest BCUT2D eigenvalue weighted by molar-refractivity contribution is 5.70. The Bertz CT molecular complexity index is 510. The molecule has 20 heavy (non-hydrogen) atoms. The van der Waals surface area contributed by atoms with Crippen LogP contribution in [0.1, 0.15) is 27.2 Å². The third kappa shape index (κ3) is 4.83. The third-order valence-corrected chi connectivity index (χ3v) is 2.12. The molecule has 0 saturated heterocycles. The summed E-state index contributed by atoms with van der Waals surface area (Å²) in [6.45, 7) is 4.95. The quantitative estimate of drug-likeness (QED) is 0.472. The van der Waals surface area contributed by atoms with Crippen LogP contribution in [-0.2, 0) is 9.53 Å². The van der Waals surface area contributed by atoms with E-state index in [-0.39, 0.29) is 13.0 Å². The summed E-state index contributed by atoms with van der Waals surface area (Å²) in [5.74, 6) is -1.83. The standard InChI is InChI=1S/C13H16FNO5/c1-13(2,3)20-11(16)7-8-19-12-9(14)5-4-6-10(12)15(17)18/h4-6H,7-8H2,1-3H3. The van der Waals surface area contributed by atoms with Crippen LogP contribution in [0, 0.1) is 15.9 Å². The zero-order valence-corrected chi connectivity index (χ0v) is 11.5. The summed E-state index contributed by atoms with van der Waals surface area (Å²) in [5, 5.41) is 10.7. The average molecular weight is 285 g/mol. The van der Waals surface area contributed by atoms with E-state index >= 15 is 0 Å². The van der Waals surface area contributed by atoms with Gasteiger partial charge >= 0.3 is 11.7 Å². The summed E-state index contributed by atoms with van der Waals surface area (Å²) in [6, 6.07) is 3.40. The monoisotopic (exact) mass is 285 g/mol. The van der Waals surface area contributed by atoms with E-state index in [0.29, 0.717) is 0 Å². The maximum atomic E-state index is 13.5. The van der Waals surface area contributed by atoms with Crippen molar-refractivity contribution in [3.8, 4) is 5.75 Å². The molecule has 0 atom stereocenters. The Balaban J connectivity index is 2.63. The van der Waals surface area contributed by atoms with Gasteiger partial charge in [-0.05, 0) is 26.8 Å². The molecule has 6 nitrogen and oxygen atoms in total. The number of halogens is 1. The summed E-state index contributed by atoms with van der Waals surface area (Å²) < 4.78 is 23.5. The first kappa shape index (κ1) is 15.9. The van der Waals surface area contributed by atoms with Gasteiger partial charge in [0, 0.05) is 6.07 Å². The first-order chi connectivity index (χ1) is 9.20. The Hall–Kier alpha value is -2.18. The number of benzene rings is 1. The lowest BCUT2D eigenvalue weighted by Gasteiger charge is -2.19. The van der Waals surface area contributed by atoms with Gasteiger partial charge in [0.05, 0.1) is 18.0 Å². The minimum absolute atomic E-state index is 0.122. The number of nitrogens with zero attached hydrogens (tertiary/aromatic N) is 1. The highest BCUT2D eigenvalue weighted by Gasteiger charge is 2.20. The molecule has 0 spiro atoms. The second-order valence-electron chi connectivity index (χ2n) is 5.03. The molecule has 0 aliphatic carbocycles. The Morgan fingerprint density at radius 3 is 2.60 bits per heavy atom. The fraction of sp³-hybridized carbons (Fsp3) is 0.462. The number of carbonyl (C=O) groups is 1. The van der Waals surface area contributed by atoms with E-state index in [4.69, 9.17) is 9.47 Å². The van der Waals surface area contributed by atoms with Crippen molar-refractivity contribution in [3.63, 3.8) is 0 Å². The second-order valence-corrected chi connectivity index (χ2v) is 5.03. The number of hydrogen-bond acceptors (Lipinski definition) is 5. The fourth-order valence-corrected chi connectivity index (χ4v) is 1.41. The molecule has 7 heteroatoms. The number of esters is 1. The molecule has 0 fully saturated rings. The molecule has 1 rings (SSSR count). The first-order valence-electron chi connectivity index (χ1n) is 5.98. The zero-order chi connectivity index (χ0) is 15.3. The summed E-state index contributed by atoms with van der Waals surface area (Å²) in [6.07, 6.45) is -0.122. The minimum Gasteiger partial charge on any atom is -0.484 e. The van der Waals surface area contributed by atoms with Crippen molar-refractivity contribution in [3.05, 3.63) is 34.1 Å². The Morgan fingerprint density at radius 2 is 2.05 bits per heavy atom. The number of rotatable bonds is 5. The van der Waals surface area contributed by atoms with Gasteiger partial charge in [0.1, 0.15) is 5.60 Å². The number of nitro benzene ring substituents is 1. The van der Waals surface area contributed by atoms with E-state index in [9.17, 15) is 19.3 Å². The van der Waals surface area contributed by atoms with Gasteiger partial charge in [-0.25, -0.2) is 4.39 Å². The van der Waals surface area contributed by atoms with Crippen LogP contribution in [0.3, 0.4) is 0 Å². The van der Waals surface area contributed by atoms with Crippen molar-refractivity contribution in [1.82, 2.24) is 0 Å². The molecule has 0 aliphatic heterocycles. The van der Waals surface area contributed by atoms with Gasteiger partial charge in [-0.3, -0.25) is 14.9 Å². The normalized spacial score (nSPS) is 11.0. The van der Waals surface area contributed by atoms with Gasteiger partial charge in [0.15, 0.2) is 5.82 Å². The molecular weight excluding hydrogens is 269 g/mol. The predicted molar refractivity (Wildman–Crippen MR) is 69.0 cm³/mol. The van der Waals surface area contributed by atoms with Crippen molar-refractivity contribution in [2.24, 2.45) is 0 Å². The Kier molecular flexibility index (Phi) is 5.01. The molecule has 0 amide bonds. The molecule has 0 bridgehead atoms. The molecule has 0 saturated carbocycles. The molecule has 1 aromatic carbocycles. The van der Waals surface area contributed by atoms with E-state index in [0.717, 1.165) is 12.1 Å². The van der Waals surface area contributed by atoms with E-state index in [2.05, 4.69) is 0 Å². The van der Waals surface area contributed by atoms with Gasteiger partial charge in [-0.15, -0.1) is 0 Å². The van der Waals surface area contributed by atoms with Crippen LogP contribution >= 0.6 is 0 Å². The summed E-state index contributed by atoms with van der Waals surface area (Å²) in [5.41, 5.74) is -1.10. The SMILES string of the molecule is CC(C)(C)OC(=O)CCOc1c(F)cccc1[N+](=O)[O-]. The molecule has 110 valence electrons. The average Bonchev–Trinajstić information content (AvgIpc) is 2.28. The van der Waals surface area contributed by atoms with Gasteiger partial charge in [0.2, 0.25) is 5.75 Å². The number of carbonyl (C=O) groups excluding carboxylic acids is 1. The van der Waals surface area contributed by atoms with Gasteiger partial charge in [-0.1, -0.05) is 6.07 Å². The predicted octanol–water partition coefficient (Wildman–Crippen LogP) is 2.84. The molecule has 0 radical (unpaired) electrons. The lowest BCUT2D eigenvalue weighted by atomic mass is 10.2. The van der Waals surface area contributed by atoms with Crippen LogP contribution in [0.15, 0.2) is 18.2 Å². The molecule has 0 aliphatic rings. The molecule has 1 aromatic rings. The lowest BCUT2D eigenvalue weighted by Crippen LogP contribution is -2.24. The second kappa shape index (κ2) is 6.31. The van der Waals surface area contributed by atoms with Crippen molar-refractivity contribution in [2.45, 2.75) is 32.8 Å². The van der Waals surface area contributed by atoms with Gasteiger partial charge < -0.3 is 9.47 Å². The molecule has 0 unspecified atom stereocenters. The maximum Gasteiger partial charge on any atom is 0.314 e. The number of para-hydroxylation sites is 1. The lowest BCUT2D eigenvalue weighted by molar-refractivity contribution is -0.386. The van der Waals surface area contributed by atoms with Crippen molar-refractivity contribution < 1.29 is 23.6 Å². The number of ether oxygens (including phenoxy) is 2. The Labute approximate surface area is 115 Å². The topological polar surface area (TPSA) is 78.7 Å². The summed E-state index contributed by atoms with van der Waals surface area (Å²) >= 11 is 0. The van der Waals surface area contributed by atoms with E-state index < -0.39 is 33.7 Å². The summed E-state index contributed by atoms with van der Waals surface area (Å²) in [4.78, 5) is 21.4. The van der Waals surface area contributed by atoms with E-state index in [1.807, 2.05) is 0 Å². The van der Waals surface area contributed by atoms with E-state index in [1.54, 1.807) is 20.8 Å². The number of nitro groups is 1. The zero-order valence-electron chi connectivity index (χ0n) is 11.5. The highest BCUT2D eigenvalue weighted by atomic mass is 19.1. The molecule has 0 N–H and O–H groups in total. The van der Waals surface area contributed by atoms with Crippen LogP contribution in [0.2, 0.25) is 0 Å². The van der Waals surface area contributed by atoms with Crippen molar-refractivity contribution in [1.29, 1.82) is 0 Å². The van der Waals surface area contributed by atoms with Crippen LogP contribution in [0.5, 0.6) is 5.75 Å². The largest absolute Gasteiger partial charge is 0.484 e. The third-order valence-electron chi connectivity index (χ3n) is 2.12.